The first-order valence-corrected chi connectivity index (χ1v) is 2.76. The highest BCUT2D eigenvalue weighted by atomic mass is 16.4. The zero-order chi connectivity index (χ0) is 10.3. The van der Waals surface area contributed by atoms with Crippen LogP contribution in [0.4, 0.5) is 0 Å². The number of carbonyl (C=O) groups is 4. The van der Waals surface area contributed by atoms with Crippen LogP contribution < -0.4 is 0 Å². The summed E-state index contributed by atoms with van der Waals surface area (Å²) in [6.07, 6.45) is 0. The molecule has 0 bridgehead atoms. The van der Waals surface area contributed by atoms with Gasteiger partial charge in [-0.25, -0.2) is 9.59 Å². The van der Waals surface area contributed by atoms with Crippen LogP contribution in [0.25, 0.3) is 0 Å². The third-order valence-corrected chi connectivity index (χ3v) is 0.602. The van der Waals surface area contributed by atoms with Gasteiger partial charge in [0.15, 0.2) is 0 Å². The van der Waals surface area contributed by atoms with E-state index >= 15 is 0 Å². The van der Waals surface area contributed by atoms with Crippen molar-refractivity contribution in [3.63, 3.8) is 0 Å². The molecular formula is C6H8O6. The maximum atomic E-state index is 9.54. The van der Waals surface area contributed by atoms with Crippen LogP contribution in [0.2, 0.25) is 0 Å². The third-order valence-electron chi connectivity index (χ3n) is 0.602. The van der Waals surface area contributed by atoms with E-state index in [1.807, 2.05) is 0 Å². The molecule has 6 nitrogen and oxygen atoms in total. The summed E-state index contributed by atoms with van der Waals surface area (Å²) < 4.78 is 0. The van der Waals surface area contributed by atoms with Crippen molar-refractivity contribution in [1.82, 2.24) is 0 Å². The summed E-state index contributed by atoms with van der Waals surface area (Å²) in [6, 6.07) is 0. The summed E-state index contributed by atoms with van der Waals surface area (Å²) in [5, 5.41) is 15.3. The number of carboxylic acid groups (broad SMARTS) is 2. The molecule has 0 aromatic heterocycles. The molecule has 0 saturated heterocycles. The summed E-state index contributed by atoms with van der Waals surface area (Å²) >= 11 is 0. The highest BCUT2D eigenvalue weighted by Crippen LogP contribution is 1.62. The van der Waals surface area contributed by atoms with Crippen LogP contribution in [0.3, 0.4) is 0 Å². The maximum Gasteiger partial charge on any atom is 0.371 e. The van der Waals surface area contributed by atoms with E-state index in [1.54, 1.807) is 0 Å². The molecule has 0 aromatic carbocycles. The minimum atomic E-state index is -1.38. The maximum absolute atomic E-state index is 9.54. The lowest BCUT2D eigenvalue weighted by molar-refractivity contribution is -0.148. The van der Waals surface area contributed by atoms with Gasteiger partial charge in [-0.05, 0) is 0 Å². The van der Waals surface area contributed by atoms with Gasteiger partial charge in [-0.3, -0.25) is 9.59 Å². The molecule has 0 spiro atoms. The van der Waals surface area contributed by atoms with Crippen molar-refractivity contribution in [3.05, 3.63) is 0 Å². The molecule has 0 amide bonds. The number of hydrogen-bond donors (Lipinski definition) is 2. The number of carbonyl (C=O) groups excluding carboxylic acids is 2. The normalized spacial score (nSPS) is 7.50. The van der Waals surface area contributed by atoms with Gasteiger partial charge in [0, 0.05) is 13.8 Å². The Kier molecular flexibility index (Phi) is 6.48. The molecule has 6 heteroatoms. The van der Waals surface area contributed by atoms with Crippen LogP contribution >= 0.6 is 0 Å². The zero-order valence-electron chi connectivity index (χ0n) is 6.53. The molecule has 0 aromatic rings. The van der Waals surface area contributed by atoms with E-state index in [4.69, 9.17) is 10.2 Å². The van der Waals surface area contributed by atoms with Gasteiger partial charge in [0.1, 0.15) is 0 Å². The zero-order valence-corrected chi connectivity index (χ0v) is 6.53. The Balaban J connectivity index is 0. The Morgan fingerprint density at radius 3 is 0.833 bits per heavy atom. The molecule has 0 atom stereocenters. The highest BCUT2D eigenvalue weighted by molar-refractivity contribution is 6.31. The Hall–Kier alpha value is -1.72. The van der Waals surface area contributed by atoms with Gasteiger partial charge in [-0.2, -0.15) is 0 Å². The first-order chi connectivity index (χ1) is 5.29. The Bertz CT molecular complexity index is 168. The van der Waals surface area contributed by atoms with E-state index in [-0.39, 0.29) is 0 Å². The number of hydrogen-bond acceptors (Lipinski definition) is 4. The van der Waals surface area contributed by atoms with Gasteiger partial charge in [-0.15, -0.1) is 0 Å². The summed E-state index contributed by atoms with van der Waals surface area (Å²) in [5.41, 5.74) is 0. The molecule has 0 fully saturated rings. The topological polar surface area (TPSA) is 109 Å². The molecule has 2 N–H and O–H groups in total. The predicted octanol–water partition coefficient (Wildman–Crippen LogP) is -0.680. The van der Waals surface area contributed by atoms with Crippen LogP contribution in [-0.2, 0) is 19.2 Å². The lowest BCUT2D eigenvalue weighted by Crippen LogP contribution is -2.05. The van der Waals surface area contributed by atoms with Gasteiger partial charge < -0.3 is 10.2 Å². The monoisotopic (exact) mass is 176 g/mol. The fourth-order valence-electron chi connectivity index (χ4n) is 0. The average Bonchev–Trinajstić information content (AvgIpc) is 1.88. The Morgan fingerprint density at radius 2 is 0.833 bits per heavy atom. The lowest BCUT2D eigenvalue weighted by Gasteiger charge is -1.73. The van der Waals surface area contributed by atoms with E-state index in [0.717, 1.165) is 13.8 Å². The summed E-state index contributed by atoms with van der Waals surface area (Å²) in [5.74, 6) is -4.41. The van der Waals surface area contributed by atoms with E-state index in [0.29, 0.717) is 0 Å². The Morgan fingerprint density at radius 1 is 0.750 bits per heavy atom. The number of Topliss-reactive ketones (excluding diaryl/α,β-unsaturated/α-hetero) is 2. The molecule has 12 heavy (non-hydrogen) atoms. The molecule has 0 rings (SSSR count). The highest BCUT2D eigenvalue weighted by Gasteiger charge is 1.99. The Labute approximate surface area is 67.8 Å². The molecule has 0 aliphatic heterocycles. The molecule has 0 saturated carbocycles. The molecule has 0 unspecified atom stereocenters. The van der Waals surface area contributed by atoms with Gasteiger partial charge in [0.2, 0.25) is 11.6 Å². The predicted molar refractivity (Wildman–Crippen MR) is 36.6 cm³/mol. The van der Waals surface area contributed by atoms with Crippen molar-refractivity contribution in [1.29, 1.82) is 0 Å². The van der Waals surface area contributed by atoms with Crippen LogP contribution in [0.15, 0.2) is 0 Å². The summed E-state index contributed by atoms with van der Waals surface area (Å²) in [7, 11) is 0. The van der Waals surface area contributed by atoms with Gasteiger partial charge in [0.05, 0.1) is 0 Å². The number of rotatable bonds is 2. The number of ketones is 2. The minimum absolute atomic E-state index is 0.824. The quantitative estimate of drug-likeness (QED) is 0.539. The van der Waals surface area contributed by atoms with Gasteiger partial charge in [0.25, 0.3) is 0 Å². The van der Waals surface area contributed by atoms with E-state index in [1.165, 1.54) is 0 Å². The third kappa shape index (κ3) is 11.1. The fourth-order valence-corrected chi connectivity index (χ4v) is 0. The lowest BCUT2D eigenvalue weighted by atomic mass is 10.5. The molecule has 68 valence electrons. The minimum Gasteiger partial charge on any atom is -0.476 e. The van der Waals surface area contributed by atoms with Crippen LogP contribution in [0.1, 0.15) is 13.8 Å². The van der Waals surface area contributed by atoms with Crippen LogP contribution in [0, 0.1) is 0 Å². The standard InChI is InChI=1S/2C3H4O3/c2*1-2(4)3(5)6/h2*1H3,(H,5,6). The molecule has 0 aliphatic rings. The van der Waals surface area contributed by atoms with E-state index in [9.17, 15) is 19.2 Å². The van der Waals surface area contributed by atoms with Crippen molar-refractivity contribution in [3.8, 4) is 0 Å². The van der Waals surface area contributed by atoms with Crippen molar-refractivity contribution >= 4 is 23.5 Å². The van der Waals surface area contributed by atoms with Crippen molar-refractivity contribution in [2.24, 2.45) is 0 Å². The molecule has 0 aliphatic carbocycles. The van der Waals surface area contributed by atoms with Crippen molar-refractivity contribution < 1.29 is 29.4 Å². The second-order valence-electron chi connectivity index (χ2n) is 1.72. The first-order valence-electron chi connectivity index (χ1n) is 2.76. The molecular weight excluding hydrogens is 168 g/mol. The second kappa shape index (κ2) is 6.02. The first kappa shape index (κ1) is 12.9. The van der Waals surface area contributed by atoms with Gasteiger partial charge >= 0.3 is 11.9 Å². The van der Waals surface area contributed by atoms with Crippen molar-refractivity contribution in [2.45, 2.75) is 13.8 Å². The van der Waals surface area contributed by atoms with Crippen LogP contribution in [-0.4, -0.2) is 33.7 Å². The number of carboxylic acids is 2. The van der Waals surface area contributed by atoms with Crippen molar-refractivity contribution in [2.75, 3.05) is 0 Å². The summed E-state index contributed by atoms with van der Waals surface area (Å²) in [6.45, 7) is 2.00. The number of aliphatic carboxylic acids is 2. The molecule has 0 heterocycles. The molecule has 0 radical (unpaired) electrons. The SMILES string of the molecule is CC(=O)C(=O)O.CC(=O)C(=O)O. The van der Waals surface area contributed by atoms with E-state index < -0.39 is 23.5 Å². The van der Waals surface area contributed by atoms with Crippen LogP contribution in [0.5, 0.6) is 0 Å². The second-order valence-corrected chi connectivity index (χ2v) is 1.72. The van der Waals surface area contributed by atoms with E-state index in [2.05, 4.69) is 0 Å². The largest absolute Gasteiger partial charge is 0.476 e. The average molecular weight is 176 g/mol. The smallest absolute Gasteiger partial charge is 0.371 e. The van der Waals surface area contributed by atoms with Gasteiger partial charge in [-0.1, -0.05) is 0 Å². The summed E-state index contributed by atoms with van der Waals surface area (Å²) in [4.78, 5) is 37.8. The fraction of sp³-hybridized carbons (Fsp3) is 0.333.